The number of imidazole rings is 1. The second-order valence-electron chi connectivity index (χ2n) is 10.1. The first-order chi connectivity index (χ1) is 14.8. The predicted molar refractivity (Wildman–Crippen MR) is 122 cm³/mol. The minimum Gasteiger partial charge on any atom is -0.444 e. The third kappa shape index (κ3) is 5.32. The highest BCUT2D eigenvalue weighted by Crippen LogP contribution is 2.27. The third-order valence-electron chi connectivity index (χ3n) is 6.67. The quantitative estimate of drug-likeness (QED) is 0.799. The molecule has 2 saturated heterocycles. The van der Waals surface area contributed by atoms with Crippen LogP contribution in [0.1, 0.15) is 58.9 Å². The topological polar surface area (TPSA) is 70.6 Å². The van der Waals surface area contributed by atoms with Crippen LogP contribution in [0.3, 0.4) is 0 Å². The van der Waals surface area contributed by atoms with Crippen molar-refractivity contribution in [2.45, 2.75) is 64.5 Å². The van der Waals surface area contributed by atoms with Crippen LogP contribution < -0.4 is 5.69 Å². The summed E-state index contributed by atoms with van der Waals surface area (Å²) in [5, 5.41) is 0. The Kier molecular flexibility index (Phi) is 6.42. The summed E-state index contributed by atoms with van der Waals surface area (Å²) in [6.07, 6.45) is 5.14. The first-order valence-electron chi connectivity index (χ1n) is 11.7. The molecule has 0 bridgehead atoms. The molecule has 2 fully saturated rings. The summed E-state index contributed by atoms with van der Waals surface area (Å²) in [4.78, 5) is 32.1. The van der Waals surface area contributed by atoms with E-state index in [1.54, 1.807) is 0 Å². The third-order valence-corrected chi connectivity index (χ3v) is 6.67. The number of nitrogens with zero attached hydrogens (tertiary/aromatic N) is 3. The van der Waals surface area contributed by atoms with Crippen LogP contribution in [-0.2, 0) is 4.74 Å². The lowest BCUT2D eigenvalue weighted by atomic mass is 9.93. The second kappa shape index (κ2) is 9.07. The van der Waals surface area contributed by atoms with E-state index in [2.05, 4.69) is 9.88 Å². The van der Waals surface area contributed by atoms with E-state index < -0.39 is 5.60 Å². The zero-order valence-electron chi connectivity index (χ0n) is 19.1. The molecule has 7 heteroatoms. The Balaban J connectivity index is 1.21. The van der Waals surface area contributed by atoms with Crippen molar-refractivity contribution >= 4 is 17.1 Å². The Morgan fingerprint density at radius 1 is 1.06 bits per heavy atom. The molecule has 4 rings (SSSR count). The van der Waals surface area contributed by atoms with Gasteiger partial charge in [-0.15, -0.1) is 0 Å². The summed E-state index contributed by atoms with van der Waals surface area (Å²) in [7, 11) is 0. The van der Waals surface area contributed by atoms with Crippen molar-refractivity contribution in [3.8, 4) is 0 Å². The lowest BCUT2D eigenvalue weighted by molar-refractivity contribution is 0.0176. The molecule has 7 nitrogen and oxygen atoms in total. The maximum atomic E-state index is 12.5. The number of benzene rings is 1. The predicted octanol–water partition coefficient (Wildman–Crippen LogP) is 4.00. The first kappa shape index (κ1) is 21.9. The Labute approximate surface area is 184 Å². The molecule has 0 aliphatic carbocycles. The molecule has 170 valence electrons. The number of carbonyl (C=O) groups is 1. The van der Waals surface area contributed by atoms with Crippen LogP contribution in [0.4, 0.5) is 4.79 Å². The van der Waals surface area contributed by atoms with E-state index in [1.165, 1.54) is 6.42 Å². The van der Waals surface area contributed by atoms with E-state index in [-0.39, 0.29) is 17.8 Å². The minimum atomic E-state index is -0.433. The zero-order valence-corrected chi connectivity index (χ0v) is 19.1. The standard InChI is InChI=1S/C24H36N4O3/c1-24(2,3)31-23(30)27-16-9-18(10-17-27)8-13-26-14-11-19(12-15-26)28-21-7-5-4-6-20(21)25-22(28)29/h4-7,18-19H,8-17H2,1-3H3,(H,25,29). The van der Waals surface area contributed by atoms with E-state index in [9.17, 15) is 9.59 Å². The van der Waals surface area contributed by atoms with Gasteiger partial charge >= 0.3 is 11.8 Å². The van der Waals surface area contributed by atoms with Gasteiger partial charge in [0.1, 0.15) is 5.60 Å². The molecule has 0 saturated carbocycles. The average Bonchev–Trinajstić information content (AvgIpc) is 3.07. The monoisotopic (exact) mass is 428 g/mol. The van der Waals surface area contributed by atoms with Gasteiger partial charge in [0.05, 0.1) is 11.0 Å². The molecule has 2 aliphatic heterocycles. The number of ether oxygens (including phenoxy) is 1. The number of likely N-dealkylation sites (tertiary alicyclic amines) is 2. The van der Waals surface area contributed by atoms with Crippen LogP contribution in [0.25, 0.3) is 11.0 Å². The molecule has 1 N–H and O–H groups in total. The maximum absolute atomic E-state index is 12.5. The normalized spacial score (nSPS) is 19.8. The number of nitrogens with one attached hydrogen (secondary N) is 1. The number of rotatable bonds is 4. The number of aromatic nitrogens is 2. The van der Waals surface area contributed by atoms with Gasteiger partial charge in [-0.05, 0) is 77.5 Å². The van der Waals surface area contributed by atoms with Crippen LogP contribution >= 0.6 is 0 Å². The molecule has 0 unspecified atom stereocenters. The van der Waals surface area contributed by atoms with Gasteiger partial charge in [0, 0.05) is 32.2 Å². The van der Waals surface area contributed by atoms with Crippen molar-refractivity contribution in [2.75, 3.05) is 32.7 Å². The van der Waals surface area contributed by atoms with Crippen molar-refractivity contribution in [3.63, 3.8) is 0 Å². The molecule has 31 heavy (non-hydrogen) atoms. The number of aromatic amines is 1. The Bertz CT molecular complexity index is 942. The van der Waals surface area contributed by atoms with Crippen LogP contribution in [0.15, 0.2) is 29.1 Å². The summed E-state index contributed by atoms with van der Waals surface area (Å²) in [5.74, 6) is 0.674. The van der Waals surface area contributed by atoms with Gasteiger partial charge in [-0.25, -0.2) is 9.59 Å². The molecule has 3 heterocycles. The fraction of sp³-hybridized carbons (Fsp3) is 0.667. The second-order valence-corrected chi connectivity index (χ2v) is 10.1. The smallest absolute Gasteiger partial charge is 0.410 e. The number of fused-ring (bicyclic) bond motifs is 1. The number of hydrogen-bond donors (Lipinski definition) is 1. The van der Waals surface area contributed by atoms with Gasteiger partial charge < -0.3 is 19.5 Å². The number of para-hydroxylation sites is 2. The van der Waals surface area contributed by atoms with Crippen molar-refractivity contribution in [1.82, 2.24) is 19.4 Å². The summed E-state index contributed by atoms with van der Waals surface area (Å²) >= 11 is 0. The number of piperidine rings is 2. The molecule has 1 amide bonds. The van der Waals surface area contributed by atoms with E-state index in [4.69, 9.17) is 4.74 Å². The summed E-state index contributed by atoms with van der Waals surface area (Å²) in [6, 6.07) is 8.23. The molecular weight excluding hydrogens is 392 g/mol. The summed E-state index contributed by atoms with van der Waals surface area (Å²) < 4.78 is 7.45. The number of H-pyrrole nitrogens is 1. The summed E-state index contributed by atoms with van der Waals surface area (Å²) in [6.45, 7) is 10.5. The molecular formula is C24H36N4O3. The number of hydrogen-bond acceptors (Lipinski definition) is 4. The molecule has 2 aromatic rings. The molecule has 0 radical (unpaired) electrons. The highest BCUT2D eigenvalue weighted by Gasteiger charge is 2.28. The zero-order chi connectivity index (χ0) is 22.0. The SMILES string of the molecule is CC(C)(C)OC(=O)N1CCC(CCN2CCC(n3c(=O)[nH]c4ccccc43)CC2)CC1. The van der Waals surface area contributed by atoms with Gasteiger partial charge in [0.2, 0.25) is 0 Å². The van der Waals surface area contributed by atoms with Crippen molar-refractivity contribution in [2.24, 2.45) is 5.92 Å². The fourth-order valence-corrected chi connectivity index (χ4v) is 4.93. The van der Waals surface area contributed by atoms with Gasteiger partial charge in [-0.2, -0.15) is 0 Å². The van der Waals surface area contributed by atoms with E-state index in [0.717, 1.165) is 69.4 Å². The average molecular weight is 429 g/mol. The summed E-state index contributed by atoms with van der Waals surface area (Å²) in [5.41, 5.74) is 1.52. The van der Waals surface area contributed by atoms with E-state index in [0.29, 0.717) is 5.92 Å². The van der Waals surface area contributed by atoms with Crippen molar-refractivity contribution in [3.05, 3.63) is 34.7 Å². The highest BCUT2D eigenvalue weighted by atomic mass is 16.6. The Morgan fingerprint density at radius 3 is 2.42 bits per heavy atom. The van der Waals surface area contributed by atoms with Gasteiger partial charge in [0.25, 0.3) is 0 Å². The lowest BCUT2D eigenvalue weighted by Gasteiger charge is -2.36. The van der Waals surface area contributed by atoms with Crippen LogP contribution in [-0.4, -0.2) is 63.8 Å². The van der Waals surface area contributed by atoms with Gasteiger partial charge in [-0.1, -0.05) is 12.1 Å². The van der Waals surface area contributed by atoms with Gasteiger partial charge in [-0.3, -0.25) is 4.57 Å². The highest BCUT2D eigenvalue weighted by molar-refractivity contribution is 5.75. The van der Waals surface area contributed by atoms with Crippen molar-refractivity contribution < 1.29 is 9.53 Å². The van der Waals surface area contributed by atoms with Gasteiger partial charge in [0.15, 0.2) is 0 Å². The van der Waals surface area contributed by atoms with Crippen molar-refractivity contribution in [1.29, 1.82) is 0 Å². The largest absolute Gasteiger partial charge is 0.444 e. The van der Waals surface area contributed by atoms with Crippen LogP contribution in [0.5, 0.6) is 0 Å². The lowest BCUT2D eigenvalue weighted by Crippen LogP contribution is -2.42. The Hall–Kier alpha value is -2.28. The van der Waals surface area contributed by atoms with Crippen LogP contribution in [0.2, 0.25) is 0 Å². The molecule has 0 spiro atoms. The first-order valence-corrected chi connectivity index (χ1v) is 11.7. The molecule has 1 aromatic heterocycles. The maximum Gasteiger partial charge on any atom is 0.410 e. The van der Waals surface area contributed by atoms with Crippen LogP contribution in [0, 0.1) is 5.92 Å². The Morgan fingerprint density at radius 2 is 1.74 bits per heavy atom. The van der Waals surface area contributed by atoms with E-state index in [1.807, 2.05) is 54.5 Å². The number of amides is 1. The minimum absolute atomic E-state index is 0.0106. The number of carbonyl (C=O) groups excluding carboxylic acids is 1. The molecule has 0 atom stereocenters. The molecule has 2 aliphatic rings. The van der Waals surface area contributed by atoms with E-state index >= 15 is 0 Å². The molecule has 1 aromatic carbocycles. The fourth-order valence-electron chi connectivity index (χ4n) is 4.93.